The number of rotatable bonds is 2. The third-order valence-corrected chi connectivity index (χ3v) is 4.26. The van der Waals surface area contributed by atoms with E-state index >= 15 is 0 Å². The van der Waals surface area contributed by atoms with Gasteiger partial charge in [0.2, 0.25) is 5.95 Å². The van der Waals surface area contributed by atoms with E-state index in [2.05, 4.69) is 4.98 Å². The van der Waals surface area contributed by atoms with Crippen LogP contribution in [-0.2, 0) is 4.74 Å². The summed E-state index contributed by atoms with van der Waals surface area (Å²) in [6, 6.07) is 2.15. The number of nitrogens with zero attached hydrogens (tertiary/aromatic N) is 2. The number of hydrogen-bond acceptors (Lipinski definition) is 3. The molecule has 4 nitrogen and oxygen atoms in total. The van der Waals surface area contributed by atoms with Gasteiger partial charge in [0.15, 0.2) is 5.82 Å². The van der Waals surface area contributed by atoms with E-state index in [4.69, 9.17) is 10.5 Å². The van der Waals surface area contributed by atoms with E-state index in [0.29, 0.717) is 18.0 Å². The van der Waals surface area contributed by atoms with Crippen molar-refractivity contribution < 1.29 is 13.5 Å². The van der Waals surface area contributed by atoms with Gasteiger partial charge in [-0.2, -0.15) is 0 Å². The lowest BCUT2D eigenvalue weighted by Crippen LogP contribution is -2.23. The minimum Gasteiger partial charge on any atom is -0.376 e. The summed E-state index contributed by atoms with van der Waals surface area (Å²) in [5, 5.41) is 0. The minimum absolute atomic E-state index is 0.0219. The quantitative estimate of drug-likeness (QED) is 0.919. The van der Waals surface area contributed by atoms with Crippen molar-refractivity contribution in [3.63, 3.8) is 0 Å². The first-order valence-electron chi connectivity index (χ1n) is 6.89. The molecule has 1 saturated carbocycles. The van der Waals surface area contributed by atoms with Crippen molar-refractivity contribution in [2.24, 2.45) is 5.92 Å². The highest BCUT2D eigenvalue weighted by Crippen LogP contribution is 2.45. The highest BCUT2D eigenvalue weighted by molar-refractivity contribution is 5.79. The molecule has 0 bridgehead atoms. The lowest BCUT2D eigenvalue weighted by Gasteiger charge is -2.21. The van der Waals surface area contributed by atoms with Crippen LogP contribution in [0.4, 0.5) is 14.7 Å². The first-order chi connectivity index (χ1) is 9.65. The molecule has 0 radical (unpaired) electrons. The van der Waals surface area contributed by atoms with Crippen LogP contribution in [0.5, 0.6) is 0 Å². The highest BCUT2D eigenvalue weighted by Gasteiger charge is 2.42. The van der Waals surface area contributed by atoms with Crippen LogP contribution in [0.3, 0.4) is 0 Å². The van der Waals surface area contributed by atoms with Crippen LogP contribution in [0.1, 0.15) is 25.3 Å². The Balaban J connectivity index is 1.88. The monoisotopic (exact) mass is 279 g/mol. The van der Waals surface area contributed by atoms with Gasteiger partial charge >= 0.3 is 0 Å². The summed E-state index contributed by atoms with van der Waals surface area (Å²) in [7, 11) is 0. The first-order valence-corrected chi connectivity index (χ1v) is 6.89. The fourth-order valence-corrected chi connectivity index (χ4v) is 3.24. The van der Waals surface area contributed by atoms with Crippen molar-refractivity contribution in [2.75, 3.05) is 12.3 Å². The van der Waals surface area contributed by atoms with Gasteiger partial charge < -0.3 is 15.0 Å². The van der Waals surface area contributed by atoms with E-state index in [1.165, 1.54) is 6.07 Å². The minimum atomic E-state index is -0.674. The van der Waals surface area contributed by atoms with Gasteiger partial charge in [-0.1, -0.05) is 0 Å². The standard InChI is InChI=1S/C14H15F2N3O/c15-8-5-9(16)12-11(6-8)19(14(17)18-12)10-3-4-20-13(10)7-1-2-7/h5-7,10,13H,1-4H2,(H2,17,18). The number of imidazole rings is 1. The van der Waals surface area contributed by atoms with Gasteiger partial charge in [-0.25, -0.2) is 13.8 Å². The van der Waals surface area contributed by atoms with Crippen molar-refractivity contribution in [3.05, 3.63) is 23.8 Å². The lowest BCUT2D eigenvalue weighted by atomic mass is 10.1. The molecular weight excluding hydrogens is 264 g/mol. The summed E-state index contributed by atoms with van der Waals surface area (Å²) < 4.78 is 34.8. The molecule has 0 amide bonds. The van der Waals surface area contributed by atoms with Crippen LogP contribution in [0.2, 0.25) is 0 Å². The van der Waals surface area contributed by atoms with E-state index in [-0.39, 0.29) is 23.6 Å². The molecule has 2 atom stereocenters. The third kappa shape index (κ3) is 1.71. The van der Waals surface area contributed by atoms with Gasteiger partial charge in [0.05, 0.1) is 17.7 Å². The molecule has 2 fully saturated rings. The molecule has 1 aliphatic heterocycles. The average Bonchev–Trinajstić information content (AvgIpc) is 3.03. The summed E-state index contributed by atoms with van der Waals surface area (Å²) in [6.45, 7) is 0.656. The zero-order valence-electron chi connectivity index (χ0n) is 10.9. The number of nitrogen functional groups attached to an aromatic ring is 1. The predicted molar refractivity (Wildman–Crippen MR) is 70.2 cm³/mol. The predicted octanol–water partition coefficient (Wildman–Crippen LogP) is 2.64. The van der Waals surface area contributed by atoms with Crippen LogP contribution in [0.15, 0.2) is 12.1 Å². The zero-order valence-corrected chi connectivity index (χ0v) is 10.9. The first kappa shape index (κ1) is 12.1. The summed E-state index contributed by atoms with van der Waals surface area (Å²) in [5.41, 5.74) is 6.49. The Labute approximate surface area is 114 Å². The third-order valence-electron chi connectivity index (χ3n) is 4.26. The summed E-state index contributed by atoms with van der Waals surface area (Å²) >= 11 is 0. The normalized spacial score (nSPS) is 26.5. The molecule has 0 spiro atoms. The van der Waals surface area contributed by atoms with Gasteiger partial charge in [0.1, 0.15) is 11.3 Å². The molecule has 20 heavy (non-hydrogen) atoms. The number of aromatic nitrogens is 2. The Kier molecular flexibility index (Phi) is 2.51. The molecule has 1 saturated heterocycles. The van der Waals surface area contributed by atoms with Crippen LogP contribution in [0, 0.1) is 17.6 Å². The smallest absolute Gasteiger partial charge is 0.201 e. The van der Waals surface area contributed by atoms with Gasteiger partial charge in [-0.05, 0) is 25.2 Å². The van der Waals surface area contributed by atoms with Crippen LogP contribution in [0.25, 0.3) is 11.0 Å². The van der Waals surface area contributed by atoms with Crippen LogP contribution in [-0.4, -0.2) is 22.3 Å². The lowest BCUT2D eigenvalue weighted by molar-refractivity contribution is 0.0762. The summed E-state index contributed by atoms with van der Waals surface area (Å²) in [6.07, 6.45) is 3.18. The van der Waals surface area contributed by atoms with Crippen molar-refractivity contribution in [1.29, 1.82) is 0 Å². The molecule has 2 heterocycles. The maximum Gasteiger partial charge on any atom is 0.201 e. The SMILES string of the molecule is Nc1nc2c(F)cc(F)cc2n1C1CCOC1C1CC1. The number of fused-ring (bicyclic) bond motifs is 1. The Morgan fingerprint density at radius 2 is 2.05 bits per heavy atom. The molecule has 1 aromatic heterocycles. The number of anilines is 1. The number of benzene rings is 1. The second-order valence-corrected chi connectivity index (χ2v) is 5.62. The van der Waals surface area contributed by atoms with Crippen molar-refractivity contribution in [1.82, 2.24) is 9.55 Å². The molecule has 1 aromatic carbocycles. The molecule has 4 rings (SSSR count). The second-order valence-electron chi connectivity index (χ2n) is 5.62. The maximum absolute atomic E-state index is 13.8. The van der Waals surface area contributed by atoms with Gasteiger partial charge in [-0.3, -0.25) is 0 Å². The van der Waals surface area contributed by atoms with Gasteiger partial charge in [0, 0.05) is 18.7 Å². The molecule has 6 heteroatoms. The molecule has 2 N–H and O–H groups in total. The van der Waals surface area contributed by atoms with Crippen LogP contribution >= 0.6 is 0 Å². The van der Waals surface area contributed by atoms with E-state index in [1.807, 2.05) is 0 Å². The maximum atomic E-state index is 13.8. The van der Waals surface area contributed by atoms with Gasteiger partial charge in [-0.15, -0.1) is 0 Å². The number of halogens is 2. The van der Waals surface area contributed by atoms with Crippen molar-refractivity contribution in [3.8, 4) is 0 Å². The summed E-state index contributed by atoms with van der Waals surface area (Å²) in [5.74, 6) is -0.520. The van der Waals surface area contributed by atoms with Gasteiger partial charge in [0.25, 0.3) is 0 Å². The number of nitrogens with two attached hydrogens (primary N) is 1. The molecule has 2 aliphatic rings. The fourth-order valence-electron chi connectivity index (χ4n) is 3.24. The van der Waals surface area contributed by atoms with Crippen molar-refractivity contribution >= 4 is 17.0 Å². The molecule has 2 aromatic rings. The van der Waals surface area contributed by atoms with E-state index in [9.17, 15) is 8.78 Å². The molecule has 1 aliphatic carbocycles. The Morgan fingerprint density at radius 1 is 1.25 bits per heavy atom. The Morgan fingerprint density at radius 3 is 2.80 bits per heavy atom. The topological polar surface area (TPSA) is 53.1 Å². The second kappa shape index (κ2) is 4.15. The number of hydrogen-bond donors (Lipinski definition) is 1. The van der Waals surface area contributed by atoms with E-state index in [1.54, 1.807) is 4.57 Å². The molecular formula is C14H15F2N3O. The van der Waals surface area contributed by atoms with Crippen LogP contribution < -0.4 is 5.73 Å². The molecule has 2 unspecified atom stereocenters. The highest BCUT2D eigenvalue weighted by atomic mass is 19.1. The summed E-state index contributed by atoms with van der Waals surface area (Å²) in [4.78, 5) is 4.06. The Hall–Kier alpha value is -1.69. The Bertz CT molecular complexity index is 681. The average molecular weight is 279 g/mol. The van der Waals surface area contributed by atoms with E-state index in [0.717, 1.165) is 25.3 Å². The molecule has 106 valence electrons. The number of ether oxygens (including phenoxy) is 1. The largest absolute Gasteiger partial charge is 0.376 e. The zero-order chi connectivity index (χ0) is 13.9. The van der Waals surface area contributed by atoms with E-state index < -0.39 is 11.6 Å². The van der Waals surface area contributed by atoms with Crippen molar-refractivity contribution in [2.45, 2.75) is 31.4 Å². The fraction of sp³-hybridized carbons (Fsp3) is 0.500.